The Labute approximate surface area is 184 Å². The number of aromatic nitrogens is 4. The van der Waals surface area contributed by atoms with Gasteiger partial charge < -0.3 is 20.1 Å². The van der Waals surface area contributed by atoms with E-state index < -0.39 is 11.7 Å². The van der Waals surface area contributed by atoms with Gasteiger partial charge in [0.2, 0.25) is 0 Å². The van der Waals surface area contributed by atoms with Crippen LogP contribution in [0.15, 0.2) is 36.7 Å². The van der Waals surface area contributed by atoms with E-state index in [9.17, 15) is 14.0 Å². The van der Waals surface area contributed by atoms with Gasteiger partial charge in [-0.2, -0.15) is 0 Å². The van der Waals surface area contributed by atoms with Crippen molar-refractivity contribution in [3.8, 4) is 11.5 Å². The van der Waals surface area contributed by atoms with Crippen molar-refractivity contribution in [2.75, 3.05) is 11.9 Å². The van der Waals surface area contributed by atoms with Gasteiger partial charge in [0.25, 0.3) is 5.91 Å². The molecule has 166 valence electrons. The van der Waals surface area contributed by atoms with Gasteiger partial charge in [0.05, 0.1) is 5.56 Å². The van der Waals surface area contributed by atoms with Gasteiger partial charge in [-0.05, 0) is 56.2 Å². The third-order valence-corrected chi connectivity index (χ3v) is 5.22. The molecule has 0 radical (unpaired) electrons. The van der Waals surface area contributed by atoms with Gasteiger partial charge in [0.15, 0.2) is 5.82 Å². The zero-order valence-electron chi connectivity index (χ0n) is 18.1. The van der Waals surface area contributed by atoms with Crippen LogP contribution in [0.5, 0.6) is 0 Å². The Morgan fingerprint density at radius 3 is 2.66 bits per heavy atom. The summed E-state index contributed by atoms with van der Waals surface area (Å²) in [6.45, 7) is 6.97. The van der Waals surface area contributed by atoms with Gasteiger partial charge in [-0.15, -0.1) is 10.2 Å². The summed E-state index contributed by atoms with van der Waals surface area (Å²) in [5.74, 6) is -0.411. The fraction of sp³-hybridized carbons (Fsp3) is 0.318. The van der Waals surface area contributed by atoms with Crippen molar-refractivity contribution >= 4 is 17.8 Å². The zero-order chi connectivity index (χ0) is 22.8. The van der Waals surface area contributed by atoms with Crippen LogP contribution in [0.1, 0.15) is 48.3 Å². The molecule has 0 saturated heterocycles. The lowest BCUT2D eigenvalue weighted by Crippen LogP contribution is -2.36. The van der Waals surface area contributed by atoms with Crippen molar-refractivity contribution < 1.29 is 14.0 Å². The van der Waals surface area contributed by atoms with Gasteiger partial charge in [-0.3, -0.25) is 4.79 Å². The lowest BCUT2D eigenvalue weighted by atomic mass is 10.1. The van der Waals surface area contributed by atoms with Crippen LogP contribution in [0.25, 0.3) is 11.5 Å². The number of nitrogens with zero attached hydrogens (tertiary/aromatic N) is 5. The molecular weight excluding hydrogens is 413 g/mol. The molecule has 9 nitrogen and oxygen atoms in total. The molecule has 3 amide bonds. The molecular formula is C22H24FN7O2. The SMILES string of the molecule is CCNC(=O)N1Cc2cc(F)c(C(=O)Nc3cccc(-c4nncn4C(C)C)n3)cc2C1. The summed E-state index contributed by atoms with van der Waals surface area (Å²) < 4.78 is 16.6. The van der Waals surface area contributed by atoms with Crippen LogP contribution >= 0.6 is 0 Å². The predicted molar refractivity (Wildman–Crippen MR) is 116 cm³/mol. The number of hydrogen-bond acceptors (Lipinski definition) is 5. The maximum absolute atomic E-state index is 14.7. The van der Waals surface area contributed by atoms with Gasteiger partial charge >= 0.3 is 6.03 Å². The van der Waals surface area contributed by atoms with E-state index in [-0.39, 0.29) is 23.5 Å². The van der Waals surface area contributed by atoms with E-state index >= 15 is 0 Å². The lowest BCUT2D eigenvalue weighted by molar-refractivity contribution is 0.102. The number of pyridine rings is 1. The fourth-order valence-electron chi connectivity index (χ4n) is 3.62. The van der Waals surface area contributed by atoms with E-state index in [2.05, 4.69) is 25.8 Å². The van der Waals surface area contributed by atoms with Crippen LogP contribution in [-0.2, 0) is 13.1 Å². The quantitative estimate of drug-likeness (QED) is 0.637. The first-order valence-corrected chi connectivity index (χ1v) is 10.4. The van der Waals surface area contributed by atoms with Crippen molar-refractivity contribution in [3.63, 3.8) is 0 Å². The van der Waals surface area contributed by atoms with Crippen LogP contribution < -0.4 is 10.6 Å². The van der Waals surface area contributed by atoms with E-state index in [0.717, 1.165) is 5.56 Å². The number of nitrogens with one attached hydrogen (secondary N) is 2. The number of halogens is 1. The highest BCUT2D eigenvalue weighted by Gasteiger charge is 2.26. The standard InChI is InChI=1S/C22H24FN7O2/c1-4-24-22(32)29-10-14-8-16(17(23)9-15(14)11-29)21(31)27-19-7-5-6-18(26-19)20-28-25-12-30(20)13(2)3/h5-9,12-13H,4,10-11H2,1-3H3,(H,24,32)(H,26,27,31). The molecule has 2 N–H and O–H groups in total. The molecule has 0 unspecified atom stereocenters. The average molecular weight is 437 g/mol. The van der Waals surface area contributed by atoms with Crippen molar-refractivity contribution in [1.82, 2.24) is 30.0 Å². The highest BCUT2D eigenvalue weighted by molar-refractivity contribution is 6.04. The molecule has 1 aromatic carbocycles. The Morgan fingerprint density at radius 1 is 1.19 bits per heavy atom. The molecule has 32 heavy (non-hydrogen) atoms. The van der Waals surface area contributed by atoms with E-state index in [4.69, 9.17) is 0 Å². The number of anilines is 1. The predicted octanol–water partition coefficient (Wildman–Crippen LogP) is 3.36. The summed E-state index contributed by atoms with van der Waals surface area (Å²) in [5.41, 5.74) is 1.88. The second-order valence-electron chi connectivity index (χ2n) is 7.81. The maximum Gasteiger partial charge on any atom is 0.317 e. The van der Waals surface area contributed by atoms with E-state index in [1.165, 1.54) is 12.1 Å². The summed E-state index contributed by atoms with van der Waals surface area (Å²) >= 11 is 0. The average Bonchev–Trinajstić information content (AvgIpc) is 3.40. The highest BCUT2D eigenvalue weighted by atomic mass is 19.1. The van der Waals surface area contributed by atoms with Crippen molar-refractivity contribution in [2.24, 2.45) is 0 Å². The van der Waals surface area contributed by atoms with Crippen molar-refractivity contribution in [1.29, 1.82) is 0 Å². The Kier molecular flexibility index (Phi) is 5.85. The molecule has 3 aromatic rings. The Bertz CT molecular complexity index is 1170. The molecule has 0 bridgehead atoms. The molecule has 3 heterocycles. The van der Waals surface area contributed by atoms with E-state index in [0.29, 0.717) is 36.7 Å². The highest BCUT2D eigenvalue weighted by Crippen LogP contribution is 2.26. The second-order valence-corrected chi connectivity index (χ2v) is 7.81. The summed E-state index contributed by atoms with van der Waals surface area (Å²) in [4.78, 5) is 30.9. The molecule has 0 atom stereocenters. The summed E-state index contributed by atoms with van der Waals surface area (Å²) in [5, 5.41) is 13.4. The molecule has 0 fully saturated rings. The van der Waals surface area contributed by atoms with Crippen molar-refractivity contribution in [3.05, 3.63) is 59.2 Å². The summed E-state index contributed by atoms with van der Waals surface area (Å²) in [7, 11) is 0. The third kappa shape index (κ3) is 4.16. The number of hydrogen-bond donors (Lipinski definition) is 2. The number of fused-ring (bicyclic) bond motifs is 1. The molecule has 10 heteroatoms. The summed E-state index contributed by atoms with van der Waals surface area (Å²) in [6.07, 6.45) is 1.62. The number of benzene rings is 1. The number of carbonyl (C=O) groups excluding carboxylic acids is 2. The number of carbonyl (C=O) groups is 2. The van der Waals surface area contributed by atoms with E-state index in [1.807, 2.05) is 25.3 Å². The first-order chi connectivity index (χ1) is 15.4. The minimum Gasteiger partial charge on any atom is -0.338 e. The largest absolute Gasteiger partial charge is 0.338 e. The minimum atomic E-state index is -0.644. The smallest absolute Gasteiger partial charge is 0.317 e. The Hall–Kier alpha value is -3.82. The molecule has 4 rings (SSSR count). The van der Waals surface area contributed by atoms with Crippen LogP contribution in [-0.4, -0.2) is 43.1 Å². The van der Waals surface area contributed by atoms with Gasteiger partial charge in [-0.25, -0.2) is 14.2 Å². The number of amides is 3. The van der Waals surface area contributed by atoms with Gasteiger partial charge in [0, 0.05) is 25.7 Å². The van der Waals surface area contributed by atoms with Gasteiger partial charge in [0.1, 0.15) is 23.7 Å². The molecule has 1 aliphatic rings. The lowest BCUT2D eigenvalue weighted by Gasteiger charge is -2.15. The first-order valence-electron chi connectivity index (χ1n) is 10.4. The number of urea groups is 1. The second kappa shape index (κ2) is 8.74. The van der Waals surface area contributed by atoms with Crippen LogP contribution in [0.2, 0.25) is 0 Å². The normalized spacial score (nSPS) is 12.7. The topological polar surface area (TPSA) is 105 Å². The maximum atomic E-state index is 14.7. The monoisotopic (exact) mass is 437 g/mol. The Balaban J connectivity index is 1.54. The first kappa shape index (κ1) is 21.4. The fourth-order valence-corrected chi connectivity index (χ4v) is 3.62. The van der Waals surface area contributed by atoms with Crippen LogP contribution in [0.4, 0.5) is 15.0 Å². The summed E-state index contributed by atoms with van der Waals surface area (Å²) in [6, 6.07) is 7.87. The molecule has 0 aliphatic carbocycles. The van der Waals surface area contributed by atoms with Crippen molar-refractivity contribution in [2.45, 2.75) is 39.9 Å². The van der Waals surface area contributed by atoms with E-state index in [1.54, 1.807) is 29.4 Å². The minimum absolute atomic E-state index is 0.0981. The van der Waals surface area contributed by atoms with Crippen LogP contribution in [0, 0.1) is 5.82 Å². The number of rotatable bonds is 5. The van der Waals surface area contributed by atoms with Crippen LogP contribution in [0.3, 0.4) is 0 Å². The van der Waals surface area contributed by atoms with Gasteiger partial charge in [-0.1, -0.05) is 6.07 Å². The zero-order valence-corrected chi connectivity index (χ0v) is 18.1. The third-order valence-electron chi connectivity index (χ3n) is 5.22. The molecule has 0 saturated carbocycles. The molecule has 0 spiro atoms. The Morgan fingerprint density at radius 2 is 1.94 bits per heavy atom. The molecule has 2 aromatic heterocycles. The molecule has 1 aliphatic heterocycles.